The lowest BCUT2D eigenvalue weighted by Gasteiger charge is -2.05. The van der Waals surface area contributed by atoms with E-state index in [2.05, 4.69) is 50.8 Å². The lowest BCUT2D eigenvalue weighted by Crippen LogP contribution is -1.88. The molecule has 5 aromatic rings. The number of H-pyrrole nitrogens is 1. The predicted molar refractivity (Wildman–Crippen MR) is 73.2 cm³/mol. The molecule has 0 spiro atoms. The second-order valence-electron chi connectivity index (χ2n) is 4.67. The molecule has 0 fully saturated rings. The van der Waals surface area contributed by atoms with Crippen LogP contribution in [-0.4, -0.2) is 14.4 Å². The second kappa shape index (κ2) is 2.64. The summed E-state index contributed by atoms with van der Waals surface area (Å²) in [6, 6.07) is 12.7. The predicted octanol–water partition coefficient (Wildman–Crippen LogP) is 3.56. The highest BCUT2D eigenvalue weighted by Gasteiger charge is 2.14. The van der Waals surface area contributed by atoms with Gasteiger partial charge in [0.25, 0.3) is 0 Å². The van der Waals surface area contributed by atoms with Crippen molar-refractivity contribution in [2.45, 2.75) is 0 Å². The monoisotopic (exact) mass is 231 g/mol. The number of hydrogen-bond donors (Lipinski definition) is 1. The molecule has 3 heterocycles. The Morgan fingerprint density at radius 1 is 0.944 bits per heavy atom. The number of pyridine rings is 1. The second-order valence-corrected chi connectivity index (χ2v) is 4.67. The summed E-state index contributed by atoms with van der Waals surface area (Å²) < 4.78 is 2.16. The normalized spacial score (nSPS) is 12.4. The minimum absolute atomic E-state index is 1.03. The molecule has 0 amide bonds. The third-order valence-electron chi connectivity index (χ3n) is 3.77. The molecule has 0 radical (unpaired) electrons. The Morgan fingerprint density at radius 2 is 1.78 bits per heavy atom. The van der Waals surface area contributed by atoms with Crippen molar-refractivity contribution >= 4 is 38.4 Å². The number of aromatic amines is 1. The molecule has 0 bridgehead atoms. The van der Waals surface area contributed by atoms with Crippen LogP contribution in [0.3, 0.4) is 0 Å². The number of imidazole rings is 1. The van der Waals surface area contributed by atoms with Crippen molar-refractivity contribution in [1.29, 1.82) is 0 Å². The Bertz CT molecular complexity index is 940. The molecule has 0 aliphatic heterocycles. The van der Waals surface area contributed by atoms with Gasteiger partial charge in [-0.2, -0.15) is 0 Å². The summed E-state index contributed by atoms with van der Waals surface area (Å²) in [5.41, 5.74) is 4.61. The molecule has 18 heavy (non-hydrogen) atoms. The summed E-state index contributed by atoms with van der Waals surface area (Å²) in [6.45, 7) is 0. The van der Waals surface area contributed by atoms with Crippen LogP contribution in [0.25, 0.3) is 38.4 Å². The molecule has 2 aromatic carbocycles. The van der Waals surface area contributed by atoms with Crippen molar-refractivity contribution in [3.05, 3.63) is 48.8 Å². The molecule has 3 heteroatoms. The Kier molecular flexibility index (Phi) is 1.25. The summed E-state index contributed by atoms with van der Waals surface area (Å²) >= 11 is 0. The van der Waals surface area contributed by atoms with E-state index < -0.39 is 0 Å². The van der Waals surface area contributed by atoms with E-state index in [9.17, 15) is 0 Å². The summed E-state index contributed by atoms with van der Waals surface area (Å²) in [7, 11) is 0. The number of fused-ring (bicyclic) bond motifs is 3. The number of nitrogens with one attached hydrogen (secondary N) is 1. The third-order valence-corrected chi connectivity index (χ3v) is 3.77. The van der Waals surface area contributed by atoms with E-state index in [1.165, 1.54) is 32.7 Å². The molecule has 0 unspecified atom stereocenters. The average molecular weight is 231 g/mol. The summed E-state index contributed by atoms with van der Waals surface area (Å²) in [6.07, 6.45) is 3.89. The van der Waals surface area contributed by atoms with Gasteiger partial charge in [0, 0.05) is 39.6 Å². The first kappa shape index (κ1) is 8.53. The van der Waals surface area contributed by atoms with Crippen LogP contribution < -0.4 is 0 Å². The van der Waals surface area contributed by atoms with Gasteiger partial charge in [0.2, 0.25) is 0 Å². The first-order chi connectivity index (χ1) is 8.93. The standard InChI is InChI=1S/C15H9N3/c1-3-9-13-10(4-1)17-11-5-2-6-12(14(11)13)18-8-7-16-15(9)18/h1-8,17H. The Morgan fingerprint density at radius 3 is 2.72 bits per heavy atom. The first-order valence-corrected chi connectivity index (χ1v) is 6.01. The van der Waals surface area contributed by atoms with Crippen molar-refractivity contribution in [3.8, 4) is 0 Å². The zero-order valence-electron chi connectivity index (χ0n) is 9.51. The van der Waals surface area contributed by atoms with Gasteiger partial charge in [-0.25, -0.2) is 4.98 Å². The average Bonchev–Trinajstić information content (AvgIpc) is 3.02. The smallest absolute Gasteiger partial charge is 0.145 e. The fourth-order valence-corrected chi connectivity index (χ4v) is 3.06. The van der Waals surface area contributed by atoms with Gasteiger partial charge < -0.3 is 4.98 Å². The van der Waals surface area contributed by atoms with Crippen LogP contribution in [-0.2, 0) is 0 Å². The van der Waals surface area contributed by atoms with E-state index in [0.29, 0.717) is 0 Å². The van der Waals surface area contributed by atoms with Gasteiger partial charge in [-0.1, -0.05) is 18.2 Å². The van der Waals surface area contributed by atoms with Gasteiger partial charge in [0.05, 0.1) is 5.52 Å². The maximum absolute atomic E-state index is 4.50. The van der Waals surface area contributed by atoms with Crippen LogP contribution in [0.1, 0.15) is 0 Å². The number of aromatic nitrogens is 3. The highest BCUT2D eigenvalue weighted by molar-refractivity contribution is 6.25. The molecule has 0 saturated carbocycles. The van der Waals surface area contributed by atoms with Gasteiger partial charge in [-0.05, 0) is 18.2 Å². The molecule has 0 saturated heterocycles. The number of rotatable bonds is 0. The highest BCUT2D eigenvalue weighted by atomic mass is 15.0. The van der Waals surface area contributed by atoms with Gasteiger partial charge in [0.15, 0.2) is 0 Å². The van der Waals surface area contributed by atoms with Crippen molar-refractivity contribution in [1.82, 2.24) is 14.4 Å². The van der Waals surface area contributed by atoms with Gasteiger partial charge >= 0.3 is 0 Å². The topological polar surface area (TPSA) is 33.1 Å². The van der Waals surface area contributed by atoms with Crippen molar-refractivity contribution in [2.75, 3.05) is 0 Å². The van der Waals surface area contributed by atoms with E-state index in [1.807, 2.05) is 12.4 Å². The van der Waals surface area contributed by atoms with Crippen LogP contribution in [0.2, 0.25) is 0 Å². The number of nitrogens with zero attached hydrogens (tertiary/aromatic N) is 2. The van der Waals surface area contributed by atoms with Crippen LogP contribution in [0.4, 0.5) is 0 Å². The molecule has 0 aliphatic rings. The van der Waals surface area contributed by atoms with Crippen molar-refractivity contribution in [2.24, 2.45) is 0 Å². The SMILES string of the molecule is c1cc2[nH]c3cccc4c3c2c(c1)c1nccn41. The van der Waals surface area contributed by atoms with Crippen LogP contribution in [0.5, 0.6) is 0 Å². The number of benzene rings is 2. The largest absolute Gasteiger partial charge is 0.354 e. The van der Waals surface area contributed by atoms with Crippen LogP contribution >= 0.6 is 0 Å². The fraction of sp³-hybridized carbons (Fsp3) is 0. The lowest BCUT2D eigenvalue weighted by molar-refractivity contribution is 1.27. The fourth-order valence-electron chi connectivity index (χ4n) is 3.06. The van der Waals surface area contributed by atoms with Crippen LogP contribution in [0, 0.1) is 0 Å². The molecule has 84 valence electrons. The minimum Gasteiger partial charge on any atom is -0.354 e. The summed E-state index contributed by atoms with van der Waals surface area (Å²) in [4.78, 5) is 7.98. The molecule has 5 rings (SSSR count). The Labute approximate surface area is 102 Å². The quantitative estimate of drug-likeness (QED) is 0.406. The van der Waals surface area contributed by atoms with Crippen molar-refractivity contribution in [3.63, 3.8) is 0 Å². The maximum atomic E-state index is 4.50. The summed E-state index contributed by atoms with van der Waals surface area (Å²) in [5.74, 6) is 0. The zero-order chi connectivity index (χ0) is 11.7. The zero-order valence-corrected chi connectivity index (χ0v) is 9.51. The van der Waals surface area contributed by atoms with Crippen LogP contribution in [0.15, 0.2) is 48.8 Å². The molecule has 1 N–H and O–H groups in total. The molecule has 3 aromatic heterocycles. The summed E-state index contributed by atoms with van der Waals surface area (Å²) in [5, 5.41) is 3.80. The van der Waals surface area contributed by atoms with Gasteiger partial charge in [-0.3, -0.25) is 4.40 Å². The van der Waals surface area contributed by atoms with E-state index in [1.54, 1.807) is 0 Å². The maximum Gasteiger partial charge on any atom is 0.145 e. The Hall–Kier alpha value is -2.55. The van der Waals surface area contributed by atoms with E-state index in [0.717, 1.165) is 5.65 Å². The highest BCUT2D eigenvalue weighted by Crippen LogP contribution is 2.36. The van der Waals surface area contributed by atoms with Crippen molar-refractivity contribution < 1.29 is 0 Å². The lowest BCUT2D eigenvalue weighted by atomic mass is 10.1. The minimum atomic E-state index is 1.03. The number of hydrogen-bond acceptors (Lipinski definition) is 1. The van der Waals surface area contributed by atoms with Gasteiger partial charge in [-0.15, -0.1) is 0 Å². The van der Waals surface area contributed by atoms with E-state index in [4.69, 9.17) is 0 Å². The molecule has 0 atom stereocenters. The molecular weight excluding hydrogens is 222 g/mol. The Balaban J connectivity index is 2.38. The van der Waals surface area contributed by atoms with E-state index in [-0.39, 0.29) is 0 Å². The molecule has 3 nitrogen and oxygen atoms in total. The molecule has 0 aliphatic carbocycles. The molecular formula is C15H9N3. The first-order valence-electron chi connectivity index (χ1n) is 6.01. The van der Waals surface area contributed by atoms with Gasteiger partial charge in [0.1, 0.15) is 5.65 Å². The third kappa shape index (κ3) is 0.788. The van der Waals surface area contributed by atoms with E-state index >= 15 is 0 Å².